The normalized spacial score (nSPS) is 15.8. The van der Waals surface area contributed by atoms with Crippen molar-refractivity contribution in [2.45, 2.75) is 12.3 Å². The van der Waals surface area contributed by atoms with Gasteiger partial charge in [0.25, 0.3) is 0 Å². The summed E-state index contributed by atoms with van der Waals surface area (Å²) >= 11 is 0. The fraction of sp³-hybridized carbons (Fsp3) is 0.235. The Balaban J connectivity index is 2.24. The van der Waals surface area contributed by atoms with Crippen LogP contribution in [0, 0.1) is 0 Å². The summed E-state index contributed by atoms with van der Waals surface area (Å²) in [5.41, 5.74) is 3.79. The summed E-state index contributed by atoms with van der Waals surface area (Å²) in [6.07, 6.45) is 0.460. The van der Waals surface area contributed by atoms with Crippen LogP contribution >= 0.6 is 0 Å². The summed E-state index contributed by atoms with van der Waals surface area (Å²) in [7, 11) is 3.18. The molecule has 0 aliphatic heterocycles. The number of hydrogen-bond acceptors (Lipinski definition) is 3. The molecule has 1 atom stereocenters. The molecule has 4 heteroatoms. The first-order valence-electron chi connectivity index (χ1n) is 6.72. The van der Waals surface area contributed by atoms with Gasteiger partial charge in [0.1, 0.15) is 0 Å². The Kier molecular flexibility index (Phi) is 3.29. The van der Waals surface area contributed by atoms with Gasteiger partial charge in [-0.1, -0.05) is 24.3 Å². The molecule has 0 amide bonds. The van der Waals surface area contributed by atoms with E-state index in [0.717, 1.165) is 22.3 Å². The first-order valence-corrected chi connectivity index (χ1v) is 6.72. The van der Waals surface area contributed by atoms with Crippen molar-refractivity contribution in [2.24, 2.45) is 0 Å². The van der Waals surface area contributed by atoms with Gasteiger partial charge in [-0.25, -0.2) is 0 Å². The highest BCUT2D eigenvalue weighted by Gasteiger charge is 2.30. The first kappa shape index (κ1) is 13.5. The van der Waals surface area contributed by atoms with Crippen molar-refractivity contribution in [3.63, 3.8) is 0 Å². The lowest BCUT2D eigenvalue weighted by molar-refractivity contribution is -0.138. The maximum absolute atomic E-state index is 11.5. The van der Waals surface area contributed by atoms with Crippen LogP contribution in [0.5, 0.6) is 11.5 Å². The van der Waals surface area contributed by atoms with Crippen LogP contribution in [0.1, 0.15) is 17.0 Å². The van der Waals surface area contributed by atoms with E-state index in [1.165, 1.54) is 0 Å². The van der Waals surface area contributed by atoms with Crippen LogP contribution in [-0.4, -0.2) is 25.3 Å². The van der Waals surface area contributed by atoms with Gasteiger partial charge in [-0.3, -0.25) is 4.79 Å². The van der Waals surface area contributed by atoms with Crippen LogP contribution in [0.15, 0.2) is 36.4 Å². The zero-order valence-electron chi connectivity index (χ0n) is 11.9. The molecule has 0 spiro atoms. The van der Waals surface area contributed by atoms with E-state index in [2.05, 4.69) is 0 Å². The summed E-state index contributed by atoms with van der Waals surface area (Å²) in [4.78, 5) is 11.5. The molecule has 0 saturated heterocycles. The van der Waals surface area contributed by atoms with E-state index in [4.69, 9.17) is 9.47 Å². The molecular formula is C17H16O4. The van der Waals surface area contributed by atoms with Crippen molar-refractivity contribution in [1.29, 1.82) is 0 Å². The van der Waals surface area contributed by atoms with E-state index in [0.29, 0.717) is 17.9 Å². The summed E-state index contributed by atoms with van der Waals surface area (Å²) < 4.78 is 10.7. The molecule has 1 aliphatic carbocycles. The fourth-order valence-corrected chi connectivity index (χ4v) is 2.94. The van der Waals surface area contributed by atoms with Crippen LogP contribution in [0.2, 0.25) is 0 Å². The predicted octanol–water partition coefficient (Wildman–Crippen LogP) is 3.10. The lowest BCUT2D eigenvalue weighted by atomic mass is 9.78. The van der Waals surface area contributed by atoms with Crippen molar-refractivity contribution < 1.29 is 19.4 Å². The van der Waals surface area contributed by atoms with Gasteiger partial charge in [0.2, 0.25) is 0 Å². The lowest BCUT2D eigenvalue weighted by Crippen LogP contribution is -2.19. The number of methoxy groups -OCH3 is 2. The molecule has 4 nitrogen and oxygen atoms in total. The molecule has 21 heavy (non-hydrogen) atoms. The molecule has 0 heterocycles. The molecule has 2 aromatic carbocycles. The number of aliphatic carboxylic acids is 1. The van der Waals surface area contributed by atoms with Crippen LogP contribution in [0.3, 0.4) is 0 Å². The monoisotopic (exact) mass is 284 g/mol. The Hall–Kier alpha value is -2.49. The van der Waals surface area contributed by atoms with Gasteiger partial charge in [0.05, 0.1) is 20.1 Å². The number of hydrogen-bond donors (Lipinski definition) is 1. The van der Waals surface area contributed by atoms with Crippen molar-refractivity contribution in [2.75, 3.05) is 14.2 Å². The van der Waals surface area contributed by atoms with Gasteiger partial charge < -0.3 is 14.6 Å². The molecule has 1 aliphatic rings. The second-order valence-electron chi connectivity index (χ2n) is 5.05. The summed E-state index contributed by atoms with van der Waals surface area (Å²) in [6.45, 7) is 0. The molecule has 0 radical (unpaired) electrons. The lowest BCUT2D eigenvalue weighted by Gasteiger charge is -2.26. The van der Waals surface area contributed by atoms with Crippen LogP contribution in [0.25, 0.3) is 11.1 Å². The van der Waals surface area contributed by atoms with Gasteiger partial charge in [0.15, 0.2) is 11.5 Å². The molecule has 2 aromatic rings. The molecule has 0 bridgehead atoms. The smallest absolute Gasteiger partial charge is 0.311 e. The van der Waals surface area contributed by atoms with E-state index >= 15 is 0 Å². The Bertz CT molecular complexity index is 706. The third kappa shape index (κ3) is 2.13. The maximum Gasteiger partial charge on any atom is 0.311 e. The van der Waals surface area contributed by atoms with E-state index in [1.807, 2.05) is 36.4 Å². The predicted molar refractivity (Wildman–Crippen MR) is 79.1 cm³/mol. The van der Waals surface area contributed by atoms with Crippen LogP contribution in [0.4, 0.5) is 0 Å². The third-order valence-corrected chi connectivity index (χ3v) is 3.96. The number of carbonyl (C=O) groups is 1. The SMILES string of the molecule is COc1cc2c(cc1OC)-c1ccccc1C(C(=O)O)C2. The van der Waals surface area contributed by atoms with E-state index in [-0.39, 0.29) is 0 Å². The second-order valence-corrected chi connectivity index (χ2v) is 5.05. The summed E-state index contributed by atoms with van der Waals surface area (Å²) in [5, 5.41) is 9.48. The van der Waals surface area contributed by atoms with Gasteiger partial charge in [-0.15, -0.1) is 0 Å². The fourth-order valence-electron chi connectivity index (χ4n) is 2.94. The van der Waals surface area contributed by atoms with Crippen molar-refractivity contribution in [1.82, 2.24) is 0 Å². The molecule has 1 N–H and O–H groups in total. The second kappa shape index (κ2) is 5.13. The molecule has 1 unspecified atom stereocenters. The molecule has 0 saturated carbocycles. The third-order valence-electron chi connectivity index (χ3n) is 3.96. The van der Waals surface area contributed by atoms with Crippen molar-refractivity contribution in [3.05, 3.63) is 47.5 Å². The minimum absolute atomic E-state index is 0.460. The Labute approximate surface area is 122 Å². The van der Waals surface area contributed by atoms with Crippen LogP contribution in [-0.2, 0) is 11.2 Å². The van der Waals surface area contributed by atoms with Crippen LogP contribution < -0.4 is 9.47 Å². The Morgan fingerprint density at radius 3 is 2.43 bits per heavy atom. The minimum Gasteiger partial charge on any atom is -0.493 e. The summed E-state index contributed by atoms with van der Waals surface area (Å²) in [6, 6.07) is 11.4. The van der Waals surface area contributed by atoms with E-state index in [1.54, 1.807) is 14.2 Å². The first-order chi connectivity index (χ1) is 10.2. The molecular weight excluding hydrogens is 268 g/mol. The van der Waals surface area contributed by atoms with Gasteiger partial charge in [-0.2, -0.15) is 0 Å². The molecule has 108 valence electrons. The highest BCUT2D eigenvalue weighted by atomic mass is 16.5. The molecule has 3 rings (SSSR count). The zero-order chi connectivity index (χ0) is 15.0. The number of carboxylic acids is 1. The number of fused-ring (bicyclic) bond motifs is 3. The highest BCUT2D eigenvalue weighted by molar-refractivity contribution is 5.86. The average Bonchev–Trinajstić information content (AvgIpc) is 2.52. The van der Waals surface area contributed by atoms with Gasteiger partial charge >= 0.3 is 5.97 Å². The number of ether oxygens (including phenoxy) is 2. The average molecular weight is 284 g/mol. The van der Waals surface area contributed by atoms with E-state index < -0.39 is 11.9 Å². The largest absolute Gasteiger partial charge is 0.493 e. The highest BCUT2D eigenvalue weighted by Crippen LogP contribution is 2.44. The van der Waals surface area contributed by atoms with Crippen molar-refractivity contribution >= 4 is 5.97 Å². The van der Waals surface area contributed by atoms with Crippen molar-refractivity contribution in [3.8, 4) is 22.6 Å². The van der Waals surface area contributed by atoms with Gasteiger partial charge in [-0.05, 0) is 40.8 Å². The standard InChI is InChI=1S/C17H16O4/c1-20-15-8-10-7-14(17(18)19)12-6-4-3-5-11(12)13(10)9-16(15)21-2/h3-6,8-9,14H,7H2,1-2H3,(H,18,19). The Morgan fingerprint density at radius 1 is 1.10 bits per heavy atom. The topological polar surface area (TPSA) is 55.8 Å². The number of benzene rings is 2. The quantitative estimate of drug-likeness (QED) is 0.941. The number of rotatable bonds is 3. The molecule has 0 fully saturated rings. The number of carboxylic acid groups (broad SMARTS) is 1. The maximum atomic E-state index is 11.5. The minimum atomic E-state index is -0.803. The van der Waals surface area contributed by atoms with Gasteiger partial charge in [0, 0.05) is 0 Å². The zero-order valence-corrected chi connectivity index (χ0v) is 11.9. The van der Waals surface area contributed by atoms with E-state index in [9.17, 15) is 9.90 Å². The molecule has 0 aromatic heterocycles. The summed E-state index contributed by atoms with van der Waals surface area (Å²) in [5.74, 6) is -0.0470. The Morgan fingerprint density at radius 2 is 1.76 bits per heavy atom.